The number of aryl methyl sites for hydroxylation is 1. The Morgan fingerprint density at radius 2 is 1.90 bits per heavy atom. The van der Waals surface area contributed by atoms with Crippen LogP contribution in [-0.4, -0.2) is 29.6 Å². The normalized spacial score (nSPS) is 12.7. The molecule has 4 rings (SSSR count). The van der Waals surface area contributed by atoms with Gasteiger partial charge in [-0.1, -0.05) is 18.2 Å². The number of esters is 1. The van der Waals surface area contributed by atoms with Crippen molar-refractivity contribution in [2.75, 3.05) is 11.9 Å². The summed E-state index contributed by atoms with van der Waals surface area (Å²) >= 11 is 4.83. The monoisotopic (exact) mass is 608 g/mol. The van der Waals surface area contributed by atoms with Crippen LogP contribution in [0.1, 0.15) is 62.0 Å². The molecular formula is C29H25BrN2O6S. The number of halogens is 1. The van der Waals surface area contributed by atoms with Crippen LogP contribution >= 0.6 is 27.3 Å². The van der Waals surface area contributed by atoms with Gasteiger partial charge in [-0.05, 0) is 95.6 Å². The second-order valence-electron chi connectivity index (χ2n) is 8.74. The molecule has 1 aliphatic carbocycles. The molecule has 0 bridgehead atoms. The smallest absolute Gasteiger partial charge is 0.341 e. The molecule has 2 aromatic carbocycles. The van der Waals surface area contributed by atoms with Crippen molar-refractivity contribution in [3.8, 4) is 11.8 Å². The molecule has 0 atom stereocenters. The minimum atomic E-state index is -0.992. The van der Waals surface area contributed by atoms with E-state index in [9.17, 15) is 19.6 Å². The number of carboxylic acid groups (broad SMARTS) is 1. The molecule has 39 heavy (non-hydrogen) atoms. The number of hydrogen-bond acceptors (Lipinski definition) is 7. The van der Waals surface area contributed by atoms with Crippen molar-refractivity contribution in [2.24, 2.45) is 0 Å². The number of nitriles is 1. The molecule has 0 saturated heterocycles. The fourth-order valence-corrected chi connectivity index (χ4v) is 5.97. The number of thiophene rings is 1. The van der Waals surface area contributed by atoms with Crippen molar-refractivity contribution in [1.82, 2.24) is 0 Å². The predicted molar refractivity (Wildman–Crippen MR) is 151 cm³/mol. The summed E-state index contributed by atoms with van der Waals surface area (Å²) in [6.45, 7) is 2.19. The summed E-state index contributed by atoms with van der Waals surface area (Å²) in [6, 6.07) is 13.5. The highest BCUT2D eigenvalue weighted by Crippen LogP contribution is 2.39. The van der Waals surface area contributed by atoms with Crippen LogP contribution in [-0.2, 0) is 29.0 Å². The molecule has 10 heteroatoms. The van der Waals surface area contributed by atoms with Gasteiger partial charge in [0.2, 0.25) is 0 Å². The average molecular weight is 609 g/mol. The number of anilines is 1. The van der Waals surface area contributed by atoms with Gasteiger partial charge in [-0.25, -0.2) is 9.59 Å². The first-order valence-electron chi connectivity index (χ1n) is 12.3. The highest BCUT2D eigenvalue weighted by molar-refractivity contribution is 9.10. The van der Waals surface area contributed by atoms with E-state index in [0.29, 0.717) is 26.4 Å². The Bertz CT molecular complexity index is 1490. The van der Waals surface area contributed by atoms with E-state index in [1.165, 1.54) is 29.5 Å². The summed E-state index contributed by atoms with van der Waals surface area (Å²) in [5.41, 5.74) is 2.81. The van der Waals surface area contributed by atoms with Gasteiger partial charge in [0.15, 0.2) is 0 Å². The Balaban J connectivity index is 1.48. The fourth-order valence-electron chi connectivity index (χ4n) is 4.19. The van der Waals surface area contributed by atoms with Gasteiger partial charge in [0.05, 0.1) is 22.2 Å². The maximum absolute atomic E-state index is 13.1. The summed E-state index contributed by atoms with van der Waals surface area (Å²) in [5, 5.41) is 21.9. The molecule has 1 heterocycles. The van der Waals surface area contributed by atoms with E-state index >= 15 is 0 Å². The van der Waals surface area contributed by atoms with E-state index in [4.69, 9.17) is 14.6 Å². The highest BCUT2D eigenvalue weighted by Gasteiger charge is 2.27. The van der Waals surface area contributed by atoms with Gasteiger partial charge in [0.1, 0.15) is 29.0 Å². The van der Waals surface area contributed by atoms with Crippen molar-refractivity contribution >= 4 is 56.2 Å². The number of nitrogens with zero attached hydrogens (tertiary/aromatic N) is 1. The average Bonchev–Trinajstić information content (AvgIpc) is 3.29. The van der Waals surface area contributed by atoms with E-state index < -0.39 is 17.8 Å². The predicted octanol–water partition coefficient (Wildman–Crippen LogP) is 6.39. The summed E-state index contributed by atoms with van der Waals surface area (Å²) < 4.78 is 11.7. The number of rotatable bonds is 9. The Morgan fingerprint density at radius 3 is 2.56 bits per heavy atom. The number of hydrogen-bond donors (Lipinski definition) is 2. The number of amides is 1. The molecule has 2 N–H and O–H groups in total. The largest absolute Gasteiger partial charge is 0.488 e. The van der Waals surface area contributed by atoms with Gasteiger partial charge in [0.25, 0.3) is 5.91 Å². The number of benzene rings is 2. The number of ether oxygens (including phenoxy) is 2. The standard InChI is InChI=1S/C29H25BrN2O6S/c1-2-37-29(36)25-21-5-3-4-6-24(21)39-27(25)32-26(33)20(15-31)13-18-9-12-23(22(30)14-18)38-16-17-7-10-19(11-8-17)28(34)35/h7-14H,2-6,16H2,1H3,(H,32,33)(H,34,35)/b20-13+. The third kappa shape index (κ3) is 6.74. The Kier molecular flexibility index (Phi) is 9.17. The molecule has 0 aliphatic heterocycles. The minimum Gasteiger partial charge on any atom is -0.488 e. The summed E-state index contributed by atoms with van der Waals surface area (Å²) in [7, 11) is 0. The first-order chi connectivity index (χ1) is 18.8. The molecule has 1 amide bonds. The summed E-state index contributed by atoms with van der Waals surface area (Å²) in [4.78, 5) is 37.8. The van der Waals surface area contributed by atoms with Crippen LogP contribution in [0.3, 0.4) is 0 Å². The van der Waals surface area contributed by atoms with E-state index in [0.717, 1.165) is 41.7 Å². The van der Waals surface area contributed by atoms with Crippen LogP contribution in [0, 0.1) is 11.3 Å². The molecule has 1 aromatic heterocycles. The maximum atomic E-state index is 13.1. The van der Waals surface area contributed by atoms with Crippen LogP contribution in [0.15, 0.2) is 52.5 Å². The lowest BCUT2D eigenvalue weighted by Crippen LogP contribution is -2.16. The van der Waals surface area contributed by atoms with Crippen molar-refractivity contribution in [3.63, 3.8) is 0 Å². The number of fused-ring (bicyclic) bond motifs is 1. The van der Waals surface area contributed by atoms with Gasteiger partial charge in [-0.2, -0.15) is 5.26 Å². The number of carboxylic acids is 1. The zero-order valence-corrected chi connectivity index (χ0v) is 23.5. The zero-order valence-electron chi connectivity index (χ0n) is 21.1. The molecule has 0 radical (unpaired) electrons. The van der Waals surface area contributed by atoms with Crippen LogP contribution in [0.2, 0.25) is 0 Å². The Hall–Kier alpha value is -3.94. The fraction of sp³-hybridized carbons (Fsp3) is 0.241. The Morgan fingerprint density at radius 1 is 1.15 bits per heavy atom. The van der Waals surface area contributed by atoms with Gasteiger partial charge < -0.3 is 19.9 Å². The molecule has 200 valence electrons. The van der Waals surface area contributed by atoms with Crippen LogP contribution < -0.4 is 10.1 Å². The summed E-state index contributed by atoms with van der Waals surface area (Å²) in [5.74, 6) is -1.52. The number of carbonyl (C=O) groups excluding carboxylic acids is 2. The quantitative estimate of drug-likeness (QED) is 0.164. The lowest BCUT2D eigenvalue weighted by atomic mass is 9.95. The molecule has 0 spiro atoms. The van der Waals surface area contributed by atoms with Gasteiger partial charge >= 0.3 is 11.9 Å². The summed E-state index contributed by atoms with van der Waals surface area (Å²) in [6.07, 6.45) is 5.06. The highest BCUT2D eigenvalue weighted by atomic mass is 79.9. The van der Waals surface area contributed by atoms with E-state index in [-0.39, 0.29) is 24.4 Å². The molecule has 8 nitrogen and oxygen atoms in total. The molecule has 3 aromatic rings. The SMILES string of the molecule is CCOC(=O)c1c(NC(=O)/C(C#N)=C/c2ccc(OCc3ccc(C(=O)O)cc3)c(Br)c2)sc2c1CCCC2. The van der Waals surface area contributed by atoms with Crippen LogP contribution in [0.5, 0.6) is 5.75 Å². The molecule has 0 unspecified atom stereocenters. The lowest BCUT2D eigenvalue weighted by molar-refractivity contribution is -0.112. The van der Waals surface area contributed by atoms with Crippen molar-refractivity contribution < 1.29 is 29.0 Å². The van der Waals surface area contributed by atoms with Gasteiger partial charge in [0, 0.05) is 4.88 Å². The topological polar surface area (TPSA) is 126 Å². The second kappa shape index (κ2) is 12.7. The van der Waals surface area contributed by atoms with E-state index in [2.05, 4.69) is 21.2 Å². The molecular weight excluding hydrogens is 584 g/mol. The number of nitrogens with one attached hydrogen (secondary N) is 1. The van der Waals surface area contributed by atoms with Gasteiger partial charge in [-0.3, -0.25) is 4.79 Å². The zero-order chi connectivity index (χ0) is 27.9. The first-order valence-corrected chi connectivity index (χ1v) is 13.9. The second-order valence-corrected chi connectivity index (χ2v) is 10.7. The third-order valence-corrected chi connectivity index (χ3v) is 7.93. The Labute approximate surface area is 238 Å². The maximum Gasteiger partial charge on any atom is 0.341 e. The van der Waals surface area contributed by atoms with E-state index in [1.54, 1.807) is 37.3 Å². The number of aromatic carboxylic acids is 1. The molecule has 0 fully saturated rings. The van der Waals surface area contributed by atoms with Crippen LogP contribution in [0.25, 0.3) is 6.08 Å². The third-order valence-electron chi connectivity index (χ3n) is 6.11. The first kappa shape index (κ1) is 28.1. The van der Waals surface area contributed by atoms with E-state index in [1.807, 2.05) is 6.07 Å². The van der Waals surface area contributed by atoms with Crippen LogP contribution in [0.4, 0.5) is 5.00 Å². The number of carbonyl (C=O) groups is 3. The van der Waals surface area contributed by atoms with Gasteiger partial charge in [-0.15, -0.1) is 11.3 Å². The van der Waals surface area contributed by atoms with Crippen molar-refractivity contribution in [3.05, 3.63) is 85.2 Å². The molecule has 1 aliphatic rings. The minimum absolute atomic E-state index is 0.115. The van der Waals surface area contributed by atoms with Crippen molar-refractivity contribution in [2.45, 2.75) is 39.2 Å². The molecule has 0 saturated carbocycles. The lowest BCUT2D eigenvalue weighted by Gasteiger charge is -2.12. The van der Waals surface area contributed by atoms with Crippen molar-refractivity contribution in [1.29, 1.82) is 5.26 Å².